The molecule has 0 bridgehead atoms. The van der Waals surface area contributed by atoms with Crippen LogP contribution in [0.2, 0.25) is 0 Å². The van der Waals surface area contributed by atoms with E-state index in [0.717, 1.165) is 0 Å². The van der Waals surface area contributed by atoms with Crippen LogP contribution >= 0.6 is 0 Å². The summed E-state index contributed by atoms with van der Waals surface area (Å²) in [5.41, 5.74) is 0. The minimum atomic E-state index is 0.297. The van der Waals surface area contributed by atoms with Crippen LogP contribution in [0.15, 0.2) is 40.9 Å². The van der Waals surface area contributed by atoms with E-state index in [9.17, 15) is 4.79 Å². The first-order valence-corrected chi connectivity index (χ1v) is 6.44. The molecular weight excluding hydrogens is 239 g/mol. The van der Waals surface area contributed by atoms with Gasteiger partial charge in [0.15, 0.2) is 0 Å². The molecule has 0 saturated heterocycles. The van der Waals surface area contributed by atoms with Crippen LogP contribution in [0.5, 0.6) is 0 Å². The Kier molecular flexibility index (Phi) is 2.85. The number of ketones is 1. The van der Waals surface area contributed by atoms with Crippen LogP contribution in [-0.2, 0) is 4.79 Å². The second kappa shape index (κ2) is 4.12. The van der Waals surface area contributed by atoms with Gasteiger partial charge in [0.25, 0.3) is 0 Å². The van der Waals surface area contributed by atoms with Crippen molar-refractivity contribution in [3.8, 4) is 0 Å². The van der Waals surface area contributed by atoms with E-state index in [-0.39, 0.29) is 0 Å². The van der Waals surface area contributed by atoms with Gasteiger partial charge >= 0.3 is 90.1 Å². The van der Waals surface area contributed by atoms with E-state index in [2.05, 4.69) is 31.2 Å². The van der Waals surface area contributed by atoms with Crippen molar-refractivity contribution in [2.24, 2.45) is 5.92 Å². The first-order chi connectivity index (χ1) is 6.75. The molecule has 1 aliphatic carbocycles. The van der Waals surface area contributed by atoms with Gasteiger partial charge in [-0.05, 0) is 0 Å². The molecule has 0 saturated carbocycles. The van der Waals surface area contributed by atoms with Gasteiger partial charge in [0, 0.05) is 0 Å². The van der Waals surface area contributed by atoms with Crippen molar-refractivity contribution in [3.05, 3.63) is 40.9 Å². The Bertz CT molecular complexity index is 367. The molecule has 2 rings (SSSR count). The fourth-order valence-corrected chi connectivity index (χ4v) is 3.70. The Balaban J connectivity index is 2.12. The molecule has 14 heavy (non-hydrogen) atoms. The van der Waals surface area contributed by atoms with Crippen molar-refractivity contribution in [1.82, 2.24) is 0 Å². The molecule has 2 heteroatoms. The molecule has 1 aliphatic rings. The van der Waals surface area contributed by atoms with E-state index in [1.54, 1.807) is 0 Å². The van der Waals surface area contributed by atoms with Crippen molar-refractivity contribution >= 4 is 25.2 Å². The molecule has 1 atom stereocenters. The van der Waals surface area contributed by atoms with Crippen molar-refractivity contribution in [2.45, 2.75) is 13.3 Å². The molecule has 0 heterocycles. The summed E-state index contributed by atoms with van der Waals surface area (Å²) < 4.78 is 2.70. The molecule has 0 N–H and O–H groups in total. The standard InChI is InChI=1S/C12H12OSe/c1-9-7-10(13)8-12(9)14-11-5-3-2-4-6-11/h2-6,8-9H,7H2,1H3/t9-/m0/s1. The van der Waals surface area contributed by atoms with Gasteiger partial charge in [-0.15, -0.1) is 0 Å². The third-order valence-corrected chi connectivity index (χ3v) is 4.93. The molecule has 1 nitrogen and oxygen atoms in total. The molecule has 0 radical (unpaired) electrons. The van der Waals surface area contributed by atoms with Gasteiger partial charge in [-0.3, -0.25) is 0 Å². The maximum absolute atomic E-state index is 11.2. The molecule has 0 fully saturated rings. The predicted octanol–water partition coefficient (Wildman–Crippen LogP) is 1.51. The normalized spacial score (nSPS) is 21.1. The van der Waals surface area contributed by atoms with E-state index < -0.39 is 0 Å². The Morgan fingerprint density at radius 2 is 2.00 bits per heavy atom. The molecule has 0 amide bonds. The van der Waals surface area contributed by atoms with Crippen molar-refractivity contribution in [1.29, 1.82) is 0 Å². The van der Waals surface area contributed by atoms with Gasteiger partial charge in [-0.2, -0.15) is 0 Å². The number of rotatable bonds is 2. The van der Waals surface area contributed by atoms with Gasteiger partial charge in [0.05, 0.1) is 0 Å². The van der Waals surface area contributed by atoms with Gasteiger partial charge in [0.2, 0.25) is 0 Å². The van der Waals surface area contributed by atoms with Crippen LogP contribution in [0.25, 0.3) is 0 Å². The summed E-state index contributed by atoms with van der Waals surface area (Å²) in [6.07, 6.45) is 2.56. The van der Waals surface area contributed by atoms with E-state index in [1.807, 2.05) is 12.1 Å². The fourth-order valence-electron chi connectivity index (χ4n) is 1.52. The van der Waals surface area contributed by atoms with E-state index in [0.29, 0.717) is 33.1 Å². The zero-order valence-corrected chi connectivity index (χ0v) is 9.78. The van der Waals surface area contributed by atoms with Crippen LogP contribution in [0.3, 0.4) is 0 Å². The van der Waals surface area contributed by atoms with Crippen LogP contribution in [-0.4, -0.2) is 20.7 Å². The first kappa shape index (κ1) is 9.69. The summed E-state index contributed by atoms with van der Waals surface area (Å²) in [4.78, 5) is 11.2. The van der Waals surface area contributed by atoms with Gasteiger partial charge < -0.3 is 0 Å². The van der Waals surface area contributed by atoms with Crippen LogP contribution in [0, 0.1) is 5.92 Å². The zero-order chi connectivity index (χ0) is 9.97. The Morgan fingerprint density at radius 1 is 1.29 bits per heavy atom. The van der Waals surface area contributed by atoms with Crippen LogP contribution in [0.1, 0.15) is 13.3 Å². The average molecular weight is 251 g/mol. The van der Waals surface area contributed by atoms with Crippen molar-refractivity contribution < 1.29 is 4.79 Å². The quantitative estimate of drug-likeness (QED) is 0.728. The van der Waals surface area contributed by atoms with E-state index in [4.69, 9.17) is 0 Å². The molecule has 0 aromatic heterocycles. The summed E-state index contributed by atoms with van der Waals surface area (Å²) in [7, 11) is 0. The molecular formula is C12H12OSe. The molecule has 0 aliphatic heterocycles. The van der Waals surface area contributed by atoms with Gasteiger partial charge in [0.1, 0.15) is 0 Å². The molecule has 1 aromatic rings. The van der Waals surface area contributed by atoms with Crippen LogP contribution < -0.4 is 4.46 Å². The zero-order valence-electron chi connectivity index (χ0n) is 8.07. The number of allylic oxidation sites excluding steroid dienone is 2. The minimum absolute atomic E-state index is 0.297. The SMILES string of the molecule is C[C@H]1CC(=O)C=C1[Se]c1ccccc1. The Labute approximate surface area is 90.4 Å². The second-order valence-corrected chi connectivity index (χ2v) is 5.94. The summed E-state index contributed by atoms with van der Waals surface area (Å²) >= 11 is 0.340. The predicted molar refractivity (Wildman–Crippen MR) is 58.7 cm³/mol. The summed E-state index contributed by atoms with van der Waals surface area (Å²) in [5.74, 6) is 0.757. The van der Waals surface area contributed by atoms with Crippen molar-refractivity contribution in [3.63, 3.8) is 0 Å². The fraction of sp³-hybridized carbons (Fsp3) is 0.250. The third-order valence-electron chi connectivity index (χ3n) is 2.28. The number of benzene rings is 1. The topological polar surface area (TPSA) is 17.1 Å². The maximum atomic E-state index is 11.2. The number of carbonyl (C=O) groups is 1. The third kappa shape index (κ3) is 2.14. The van der Waals surface area contributed by atoms with Crippen molar-refractivity contribution in [2.75, 3.05) is 0 Å². The first-order valence-electron chi connectivity index (χ1n) is 4.73. The van der Waals surface area contributed by atoms with Crippen LogP contribution in [0.4, 0.5) is 0 Å². The molecule has 0 unspecified atom stereocenters. The summed E-state index contributed by atoms with van der Waals surface area (Å²) in [6.45, 7) is 2.14. The number of carbonyl (C=O) groups excluding carboxylic acids is 1. The monoisotopic (exact) mass is 252 g/mol. The number of hydrogen-bond donors (Lipinski definition) is 0. The average Bonchev–Trinajstić information content (AvgIpc) is 2.47. The molecule has 1 aromatic carbocycles. The van der Waals surface area contributed by atoms with Gasteiger partial charge in [-0.25, -0.2) is 0 Å². The number of hydrogen-bond acceptors (Lipinski definition) is 1. The molecule has 72 valence electrons. The Morgan fingerprint density at radius 3 is 2.57 bits per heavy atom. The van der Waals surface area contributed by atoms with Gasteiger partial charge in [-0.1, -0.05) is 0 Å². The van der Waals surface area contributed by atoms with E-state index in [1.165, 1.54) is 8.93 Å². The van der Waals surface area contributed by atoms with E-state index >= 15 is 0 Å². The summed E-state index contributed by atoms with van der Waals surface area (Å²) in [6, 6.07) is 10.4. The molecule has 0 spiro atoms. The Hall–Kier alpha value is -0.851. The summed E-state index contributed by atoms with van der Waals surface area (Å²) in [5, 5.41) is 0. The second-order valence-electron chi connectivity index (χ2n) is 3.53.